The van der Waals surface area contributed by atoms with Gasteiger partial charge < -0.3 is 19.6 Å². The number of hydrogen-bond acceptors (Lipinski definition) is 8. The summed E-state index contributed by atoms with van der Waals surface area (Å²) < 4.78 is 5.93. The number of anilines is 2. The second kappa shape index (κ2) is 8.70. The average Bonchev–Trinajstić information content (AvgIpc) is 2.77. The fourth-order valence-electron chi connectivity index (χ4n) is 3.84. The Morgan fingerprint density at radius 1 is 1.00 bits per heavy atom. The minimum atomic E-state index is -1.000. The van der Waals surface area contributed by atoms with Crippen molar-refractivity contribution in [2.45, 2.75) is 46.3 Å². The van der Waals surface area contributed by atoms with Crippen LogP contribution in [0.15, 0.2) is 42.7 Å². The summed E-state index contributed by atoms with van der Waals surface area (Å²) >= 11 is 0. The standard InChI is InChI=1S/C24H30N6O2/c1-16-15-29(11-12-30(16)21-14-25-20(13-26-21)24(4,5)31)22-17(2)18(3)23(28-27-22)32-19-9-7-6-8-10-19/h6-10,13-14,16,31H,11-12,15H2,1-5H3/t16-/m1/s1. The topological polar surface area (TPSA) is 87.5 Å². The van der Waals surface area contributed by atoms with E-state index in [2.05, 4.69) is 43.8 Å². The minimum Gasteiger partial charge on any atom is -0.437 e. The number of para-hydroxylation sites is 1. The monoisotopic (exact) mass is 434 g/mol. The minimum absolute atomic E-state index is 0.216. The van der Waals surface area contributed by atoms with E-state index in [0.717, 1.165) is 48.1 Å². The van der Waals surface area contributed by atoms with Crippen LogP contribution in [0.1, 0.15) is 37.6 Å². The van der Waals surface area contributed by atoms with Gasteiger partial charge in [-0.05, 0) is 46.8 Å². The maximum atomic E-state index is 10.1. The normalized spacial score (nSPS) is 16.9. The molecule has 3 aromatic rings. The van der Waals surface area contributed by atoms with Crippen LogP contribution < -0.4 is 14.5 Å². The van der Waals surface area contributed by atoms with Crippen molar-refractivity contribution in [3.8, 4) is 11.6 Å². The van der Waals surface area contributed by atoms with Gasteiger partial charge in [0.15, 0.2) is 5.82 Å². The first-order chi connectivity index (χ1) is 15.2. The lowest BCUT2D eigenvalue weighted by Gasteiger charge is -2.41. The Kier molecular flexibility index (Phi) is 5.97. The number of ether oxygens (including phenoxy) is 1. The van der Waals surface area contributed by atoms with Crippen LogP contribution in [-0.4, -0.2) is 50.9 Å². The van der Waals surface area contributed by atoms with Gasteiger partial charge in [-0.25, -0.2) is 4.98 Å². The molecule has 4 rings (SSSR count). The van der Waals surface area contributed by atoms with Crippen LogP contribution in [0, 0.1) is 13.8 Å². The molecule has 0 amide bonds. The number of rotatable bonds is 5. The third-order valence-corrected chi connectivity index (χ3v) is 5.90. The first-order valence-electron chi connectivity index (χ1n) is 10.9. The molecule has 8 nitrogen and oxygen atoms in total. The highest BCUT2D eigenvalue weighted by Crippen LogP contribution is 2.30. The van der Waals surface area contributed by atoms with Crippen LogP contribution in [-0.2, 0) is 5.60 Å². The van der Waals surface area contributed by atoms with Crippen molar-refractivity contribution in [1.82, 2.24) is 20.2 Å². The van der Waals surface area contributed by atoms with Crippen molar-refractivity contribution in [1.29, 1.82) is 0 Å². The lowest BCUT2D eigenvalue weighted by Crippen LogP contribution is -2.53. The molecule has 2 aromatic heterocycles. The van der Waals surface area contributed by atoms with Crippen LogP contribution in [0.3, 0.4) is 0 Å². The summed E-state index contributed by atoms with van der Waals surface area (Å²) in [5.41, 5.74) is 1.62. The zero-order chi connectivity index (χ0) is 22.9. The second-order valence-corrected chi connectivity index (χ2v) is 8.80. The Labute approximate surface area is 188 Å². The van der Waals surface area contributed by atoms with Crippen LogP contribution in [0.25, 0.3) is 0 Å². The summed E-state index contributed by atoms with van der Waals surface area (Å²) in [6.45, 7) is 12.1. The van der Waals surface area contributed by atoms with E-state index in [0.29, 0.717) is 11.6 Å². The molecule has 168 valence electrons. The van der Waals surface area contributed by atoms with Crippen molar-refractivity contribution in [2.24, 2.45) is 0 Å². The number of piperazine rings is 1. The summed E-state index contributed by atoms with van der Waals surface area (Å²) in [6, 6.07) is 9.84. The smallest absolute Gasteiger partial charge is 0.242 e. The number of hydrogen-bond donors (Lipinski definition) is 1. The van der Waals surface area contributed by atoms with Crippen LogP contribution in [0.4, 0.5) is 11.6 Å². The Morgan fingerprint density at radius 3 is 2.38 bits per heavy atom. The summed E-state index contributed by atoms with van der Waals surface area (Å²) in [5.74, 6) is 2.98. The molecule has 3 heterocycles. The van der Waals surface area contributed by atoms with E-state index < -0.39 is 5.60 Å². The van der Waals surface area contributed by atoms with E-state index in [4.69, 9.17) is 4.74 Å². The van der Waals surface area contributed by atoms with Crippen LogP contribution in [0.2, 0.25) is 0 Å². The molecule has 0 unspecified atom stereocenters. The predicted molar refractivity (Wildman–Crippen MR) is 124 cm³/mol. The first kappa shape index (κ1) is 22.0. The Balaban J connectivity index is 1.48. The van der Waals surface area contributed by atoms with Gasteiger partial charge in [0.1, 0.15) is 17.2 Å². The lowest BCUT2D eigenvalue weighted by atomic mass is 10.1. The quantitative estimate of drug-likeness (QED) is 0.652. The zero-order valence-electron chi connectivity index (χ0n) is 19.3. The maximum Gasteiger partial charge on any atom is 0.242 e. The fraction of sp³-hybridized carbons (Fsp3) is 0.417. The van der Waals surface area contributed by atoms with Crippen molar-refractivity contribution in [2.75, 3.05) is 29.4 Å². The molecule has 8 heteroatoms. The highest BCUT2D eigenvalue weighted by atomic mass is 16.5. The number of aromatic nitrogens is 4. The molecule has 1 N–H and O–H groups in total. The molecule has 32 heavy (non-hydrogen) atoms. The molecule has 0 aliphatic carbocycles. The Hall–Kier alpha value is -3.26. The highest BCUT2D eigenvalue weighted by Gasteiger charge is 2.28. The summed E-state index contributed by atoms with van der Waals surface area (Å²) in [7, 11) is 0. The van der Waals surface area contributed by atoms with Gasteiger partial charge in [0, 0.05) is 36.8 Å². The van der Waals surface area contributed by atoms with E-state index in [1.807, 2.05) is 37.3 Å². The number of benzene rings is 1. The van der Waals surface area contributed by atoms with Crippen molar-refractivity contribution < 1.29 is 9.84 Å². The van der Waals surface area contributed by atoms with Gasteiger partial charge in [-0.15, -0.1) is 10.2 Å². The van der Waals surface area contributed by atoms with E-state index in [9.17, 15) is 5.11 Å². The number of aliphatic hydroxyl groups is 1. The Morgan fingerprint density at radius 2 is 1.75 bits per heavy atom. The summed E-state index contributed by atoms with van der Waals surface area (Å²) in [6.07, 6.45) is 3.39. The van der Waals surface area contributed by atoms with Gasteiger partial charge in [-0.3, -0.25) is 4.98 Å². The fourth-order valence-corrected chi connectivity index (χ4v) is 3.84. The molecule has 1 fully saturated rings. The second-order valence-electron chi connectivity index (χ2n) is 8.80. The molecule has 1 atom stereocenters. The molecular formula is C24H30N6O2. The van der Waals surface area contributed by atoms with Crippen LogP contribution >= 0.6 is 0 Å². The largest absolute Gasteiger partial charge is 0.437 e. The van der Waals surface area contributed by atoms with Gasteiger partial charge in [0.25, 0.3) is 0 Å². The molecule has 1 aromatic carbocycles. The van der Waals surface area contributed by atoms with Gasteiger partial charge in [0.2, 0.25) is 5.88 Å². The van der Waals surface area contributed by atoms with Crippen molar-refractivity contribution >= 4 is 11.6 Å². The summed E-state index contributed by atoms with van der Waals surface area (Å²) in [4.78, 5) is 13.4. The average molecular weight is 435 g/mol. The maximum absolute atomic E-state index is 10.1. The van der Waals surface area contributed by atoms with Crippen molar-refractivity contribution in [3.63, 3.8) is 0 Å². The van der Waals surface area contributed by atoms with Gasteiger partial charge >= 0.3 is 0 Å². The SMILES string of the molecule is Cc1c(Oc2ccccc2)nnc(N2CCN(c3cnc(C(C)(C)O)cn3)[C@H](C)C2)c1C. The van der Waals surface area contributed by atoms with Crippen molar-refractivity contribution in [3.05, 3.63) is 59.5 Å². The molecule has 0 saturated carbocycles. The lowest BCUT2D eigenvalue weighted by molar-refractivity contribution is 0.0734. The molecule has 0 spiro atoms. The molecule has 1 aliphatic rings. The van der Waals surface area contributed by atoms with Gasteiger partial charge in [-0.1, -0.05) is 18.2 Å². The first-order valence-corrected chi connectivity index (χ1v) is 10.9. The number of nitrogens with zero attached hydrogens (tertiary/aromatic N) is 6. The van der Waals surface area contributed by atoms with E-state index in [1.165, 1.54) is 0 Å². The molecular weight excluding hydrogens is 404 g/mol. The highest BCUT2D eigenvalue weighted by molar-refractivity contribution is 5.54. The predicted octanol–water partition coefficient (Wildman–Crippen LogP) is 3.62. The van der Waals surface area contributed by atoms with E-state index >= 15 is 0 Å². The van der Waals surface area contributed by atoms with E-state index in [-0.39, 0.29) is 6.04 Å². The van der Waals surface area contributed by atoms with Gasteiger partial charge in [0.05, 0.1) is 18.1 Å². The van der Waals surface area contributed by atoms with E-state index in [1.54, 1.807) is 26.2 Å². The Bertz CT molecular complexity index is 1070. The third-order valence-electron chi connectivity index (χ3n) is 5.90. The van der Waals surface area contributed by atoms with Crippen LogP contribution in [0.5, 0.6) is 11.6 Å². The zero-order valence-corrected chi connectivity index (χ0v) is 19.3. The van der Waals surface area contributed by atoms with Gasteiger partial charge in [-0.2, -0.15) is 0 Å². The molecule has 0 radical (unpaired) electrons. The molecule has 1 saturated heterocycles. The summed E-state index contributed by atoms with van der Waals surface area (Å²) in [5, 5.41) is 19.0. The molecule has 0 bridgehead atoms. The third kappa shape index (κ3) is 4.50. The molecule has 1 aliphatic heterocycles.